The molecule has 1 heterocycles. The van der Waals surface area contributed by atoms with Crippen LogP contribution in [-0.2, 0) is 6.18 Å². The zero-order chi connectivity index (χ0) is 13.3. The molecule has 0 aliphatic heterocycles. The molecule has 96 valence electrons. The van der Waals surface area contributed by atoms with E-state index in [9.17, 15) is 13.2 Å². The van der Waals surface area contributed by atoms with Crippen molar-refractivity contribution in [2.75, 3.05) is 0 Å². The SMILES string of the molecule is N[C@H](c1cccs1)c1c(Cl)cccc1C(F)(F)F. The maximum atomic E-state index is 12.9. The van der Waals surface area contributed by atoms with Gasteiger partial charge in [-0.2, -0.15) is 13.2 Å². The Balaban J connectivity index is 2.56. The molecular weight excluding hydrogens is 283 g/mol. The summed E-state index contributed by atoms with van der Waals surface area (Å²) in [6, 6.07) is 6.25. The van der Waals surface area contributed by atoms with Crippen LogP contribution in [0.3, 0.4) is 0 Å². The van der Waals surface area contributed by atoms with Crippen LogP contribution in [0.1, 0.15) is 22.0 Å². The van der Waals surface area contributed by atoms with Gasteiger partial charge in [0.05, 0.1) is 11.6 Å². The van der Waals surface area contributed by atoms with Gasteiger partial charge in [0.15, 0.2) is 0 Å². The van der Waals surface area contributed by atoms with E-state index < -0.39 is 17.8 Å². The van der Waals surface area contributed by atoms with E-state index in [1.807, 2.05) is 0 Å². The van der Waals surface area contributed by atoms with Crippen molar-refractivity contribution in [1.29, 1.82) is 0 Å². The zero-order valence-electron chi connectivity index (χ0n) is 9.04. The highest BCUT2D eigenvalue weighted by Crippen LogP contribution is 2.39. The lowest BCUT2D eigenvalue weighted by molar-refractivity contribution is -0.138. The lowest BCUT2D eigenvalue weighted by atomic mass is 9.99. The average Bonchev–Trinajstić information content (AvgIpc) is 2.80. The fourth-order valence-corrected chi connectivity index (χ4v) is 2.74. The summed E-state index contributed by atoms with van der Waals surface area (Å²) in [5.41, 5.74) is 5.03. The molecule has 2 aromatic rings. The number of benzene rings is 1. The van der Waals surface area contributed by atoms with E-state index in [-0.39, 0.29) is 10.6 Å². The van der Waals surface area contributed by atoms with Crippen molar-refractivity contribution < 1.29 is 13.2 Å². The van der Waals surface area contributed by atoms with Crippen LogP contribution < -0.4 is 5.73 Å². The number of alkyl halides is 3. The second-order valence-electron chi connectivity index (χ2n) is 3.69. The summed E-state index contributed by atoms with van der Waals surface area (Å²) in [5, 5.41) is 1.80. The third-order valence-corrected chi connectivity index (χ3v) is 3.80. The minimum Gasteiger partial charge on any atom is -0.320 e. The maximum Gasteiger partial charge on any atom is 0.416 e. The van der Waals surface area contributed by atoms with Crippen LogP contribution in [-0.4, -0.2) is 0 Å². The molecule has 2 N–H and O–H groups in total. The summed E-state index contributed by atoms with van der Waals surface area (Å²) >= 11 is 7.17. The lowest BCUT2D eigenvalue weighted by Gasteiger charge is -2.18. The van der Waals surface area contributed by atoms with Gasteiger partial charge in [0.2, 0.25) is 0 Å². The monoisotopic (exact) mass is 291 g/mol. The van der Waals surface area contributed by atoms with Crippen LogP contribution >= 0.6 is 22.9 Å². The summed E-state index contributed by atoms with van der Waals surface area (Å²) in [6.45, 7) is 0. The predicted octanol–water partition coefficient (Wildman–Crippen LogP) is 4.47. The molecule has 1 aromatic carbocycles. The van der Waals surface area contributed by atoms with E-state index >= 15 is 0 Å². The molecule has 6 heteroatoms. The maximum absolute atomic E-state index is 12.9. The number of rotatable bonds is 2. The largest absolute Gasteiger partial charge is 0.416 e. The molecule has 0 bridgehead atoms. The number of hydrogen-bond donors (Lipinski definition) is 1. The van der Waals surface area contributed by atoms with Gasteiger partial charge in [-0.1, -0.05) is 23.7 Å². The number of nitrogens with two attached hydrogens (primary N) is 1. The summed E-state index contributed by atoms with van der Waals surface area (Å²) < 4.78 is 38.8. The molecule has 0 saturated carbocycles. The van der Waals surface area contributed by atoms with E-state index in [1.165, 1.54) is 23.5 Å². The minimum absolute atomic E-state index is 0.0331. The summed E-state index contributed by atoms with van der Waals surface area (Å²) in [6.07, 6.45) is -4.46. The first kappa shape index (κ1) is 13.4. The molecule has 2 rings (SSSR count). The summed E-state index contributed by atoms with van der Waals surface area (Å²) in [7, 11) is 0. The Labute approximate surface area is 111 Å². The van der Waals surface area contributed by atoms with Crippen LogP contribution in [0.2, 0.25) is 5.02 Å². The minimum atomic E-state index is -4.46. The molecule has 0 fully saturated rings. The summed E-state index contributed by atoms with van der Waals surface area (Å²) in [4.78, 5) is 0.647. The molecule has 1 nitrogen and oxygen atoms in total. The highest BCUT2D eigenvalue weighted by Gasteiger charge is 2.36. The van der Waals surface area contributed by atoms with Gasteiger partial charge in [0.25, 0.3) is 0 Å². The van der Waals surface area contributed by atoms with Crippen molar-refractivity contribution in [2.24, 2.45) is 5.73 Å². The van der Waals surface area contributed by atoms with E-state index in [0.717, 1.165) is 6.07 Å². The smallest absolute Gasteiger partial charge is 0.320 e. The van der Waals surface area contributed by atoms with E-state index in [1.54, 1.807) is 17.5 Å². The molecule has 0 saturated heterocycles. The van der Waals surface area contributed by atoms with E-state index in [4.69, 9.17) is 17.3 Å². The fraction of sp³-hybridized carbons (Fsp3) is 0.167. The lowest BCUT2D eigenvalue weighted by Crippen LogP contribution is -2.18. The second-order valence-corrected chi connectivity index (χ2v) is 5.08. The first-order valence-corrected chi connectivity index (χ1v) is 6.31. The number of thiophene rings is 1. The summed E-state index contributed by atoms with van der Waals surface area (Å²) in [5.74, 6) is 0. The van der Waals surface area contributed by atoms with Gasteiger partial charge >= 0.3 is 6.18 Å². The third-order valence-electron chi connectivity index (χ3n) is 2.52. The molecule has 1 aromatic heterocycles. The van der Waals surface area contributed by atoms with Gasteiger partial charge in [-0.25, -0.2) is 0 Å². The zero-order valence-corrected chi connectivity index (χ0v) is 10.6. The Morgan fingerprint density at radius 1 is 1.17 bits per heavy atom. The standard InChI is InChI=1S/C12H9ClF3NS/c13-8-4-1-3-7(12(14,15)16)10(8)11(17)9-5-2-6-18-9/h1-6,11H,17H2/t11-/m1/s1. The average molecular weight is 292 g/mol. The van der Waals surface area contributed by atoms with Crippen LogP contribution in [0.5, 0.6) is 0 Å². The molecule has 0 aliphatic rings. The van der Waals surface area contributed by atoms with Gasteiger partial charge in [0.1, 0.15) is 0 Å². The molecule has 0 amide bonds. The van der Waals surface area contributed by atoms with Gasteiger partial charge in [-0.05, 0) is 23.6 Å². The van der Waals surface area contributed by atoms with Crippen LogP contribution in [0, 0.1) is 0 Å². The van der Waals surface area contributed by atoms with Gasteiger partial charge in [-0.15, -0.1) is 11.3 Å². The van der Waals surface area contributed by atoms with Crippen LogP contribution in [0.4, 0.5) is 13.2 Å². The van der Waals surface area contributed by atoms with Crippen molar-refractivity contribution in [1.82, 2.24) is 0 Å². The molecule has 0 unspecified atom stereocenters. The second kappa shape index (κ2) is 4.91. The topological polar surface area (TPSA) is 26.0 Å². The Hall–Kier alpha value is -1.04. The van der Waals surface area contributed by atoms with Crippen molar-refractivity contribution in [3.8, 4) is 0 Å². The van der Waals surface area contributed by atoms with Crippen molar-refractivity contribution in [3.05, 3.63) is 56.7 Å². The number of halogens is 4. The molecule has 0 radical (unpaired) electrons. The van der Waals surface area contributed by atoms with Crippen molar-refractivity contribution in [3.63, 3.8) is 0 Å². The van der Waals surface area contributed by atoms with Gasteiger partial charge < -0.3 is 5.73 Å². The fourth-order valence-electron chi connectivity index (χ4n) is 1.71. The molecule has 0 spiro atoms. The Morgan fingerprint density at radius 2 is 1.89 bits per heavy atom. The normalized spacial score (nSPS) is 13.6. The highest BCUT2D eigenvalue weighted by molar-refractivity contribution is 7.10. The van der Waals surface area contributed by atoms with Crippen molar-refractivity contribution in [2.45, 2.75) is 12.2 Å². The van der Waals surface area contributed by atoms with Crippen LogP contribution in [0.25, 0.3) is 0 Å². The quantitative estimate of drug-likeness (QED) is 0.868. The Bertz CT molecular complexity index is 537. The molecular formula is C12H9ClF3NS. The van der Waals surface area contributed by atoms with E-state index in [0.29, 0.717) is 4.88 Å². The number of hydrogen-bond acceptors (Lipinski definition) is 2. The Kier molecular flexibility index (Phi) is 3.66. The Morgan fingerprint density at radius 3 is 2.44 bits per heavy atom. The van der Waals surface area contributed by atoms with Gasteiger partial charge in [0, 0.05) is 15.5 Å². The molecule has 1 atom stereocenters. The highest BCUT2D eigenvalue weighted by atomic mass is 35.5. The third kappa shape index (κ3) is 2.53. The predicted molar refractivity (Wildman–Crippen MR) is 66.8 cm³/mol. The molecule has 18 heavy (non-hydrogen) atoms. The first-order valence-electron chi connectivity index (χ1n) is 5.06. The van der Waals surface area contributed by atoms with Crippen LogP contribution in [0.15, 0.2) is 35.7 Å². The first-order chi connectivity index (χ1) is 8.41. The van der Waals surface area contributed by atoms with E-state index in [2.05, 4.69) is 0 Å². The van der Waals surface area contributed by atoms with Crippen molar-refractivity contribution >= 4 is 22.9 Å². The van der Waals surface area contributed by atoms with Gasteiger partial charge in [-0.3, -0.25) is 0 Å². The molecule has 0 aliphatic carbocycles.